The molecule has 1 saturated carbocycles. The van der Waals surface area contributed by atoms with Gasteiger partial charge in [0.1, 0.15) is 0 Å². The second-order valence-electron chi connectivity index (χ2n) is 4.82. The van der Waals surface area contributed by atoms with Crippen LogP contribution in [0.3, 0.4) is 0 Å². The van der Waals surface area contributed by atoms with Crippen LogP contribution in [0.5, 0.6) is 5.75 Å². The summed E-state index contributed by atoms with van der Waals surface area (Å²) in [6, 6.07) is 6.67. The van der Waals surface area contributed by atoms with E-state index < -0.39 is 0 Å². The lowest BCUT2D eigenvalue weighted by atomic mass is 10.0. The summed E-state index contributed by atoms with van der Waals surface area (Å²) in [6.45, 7) is 2.20. The minimum atomic E-state index is -0.252. The van der Waals surface area contributed by atoms with Gasteiger partial charge in [0.2, 0.25) is 0 Å². The maximum atomic E-state index is 13.4. The van der Waals surface area contributed by atoms with E-state index in [1.807, 2.05) is 6.07 Å². The zero-order chi connectivity index (χ0) is 11.0. The predicted octanol–water partition coefficient (Wildman–Crippen LogP) is 2.20. The van der Waals surface area contributed by atoms with E-state index in [1.54, 1.807) is 12.1 Å². The normalized spacial score (nSPS) is 32.7. The van der Waals surface area contributed by atoms with Gasteiger partial charge in [-0.3, -0.25) is 0 Å². The number of benzene rings is 1. The Bertz CT molecular complexity index is 370. The number of hydrogen-bond acceptors (Lipinski definition) is 2. The Labute approximate surface area is 94.8 Å². The summed E-state index contributed by atoms with van der Waals surface area (Å²) in [7, 11) is 0. The molecule has 0 aromatic heterocycles. The number of ether oxygens (including phenoxy) is 1. The van der Waals surface area contributed by atoms with E-state index in [4.69, 9.17) is 4.74 Å². The van der Waals surface area contributed by atoms with Gasteiger partial charge in [-0.15, -0.1) is 0 Å². The highest BCUT2D eigenvalue weighted by Crippen LogP contribution is 2.36. The van der Waals surface area contributed by atoms with Crippen LogP contribution in [-0.2, 0) is 0 Å². The molecule has 0 radical (unpaired) electrons. The first kappa shape index (κ1) is 10.1. The third-order valence-electron chi connectivity index (χ3n) is 3.74. The molecule has 0 bridgehead atoms. The summed E-state index contributed by atoms with van der Waals surface area (Å²) in [5.74, 6) is 1.62. The van der Waals surface area contributed by atoms with Crippen LogP contribution in [0, 0.1) is 17.7 Å². The molecule has 0 amide bonds. The lowest BCUT2D eigenvalue weighted by molar-refractivity contribution is 0.191. The minimum Gasteiger partial charge on any atom is -0.487 e. The van der Waals surface area contributed by atoms with Gasteiger partial charge in [-0.1, -0.05) is 12.1 Å². The Kier molecular flexibility index (Phi) is 2.56. The average Bonchev–Trinajstić information content (AvgIpc) is 2.81. The molecule has 2 aliphatic rings. The first-order chi connectivity index (χ1) is 7.83. The lowest BCUT2D eigenvalue weighted by Gasteiger charge is -2.15. The summed E-state index contributed by atoms with van der Waals surface area (Å²) in [5, 5.41) is 3.39. The van der Waals surface area contributed by atoms with Crippen molar-refractivity contribution in [1.82, 2.24) is 5.32 Å². The molecule has 1 heterocycles. The van der Waals surface area contributed by atoms with E-state index in [-0.39, 0.29) is 11.9 Å². The van der Waals surface area contributed by atoms with E-state index in [1.165, 1.54) is 6.07 Å². The number of para-hydroxylation sites is 1. The van der Waals surface area contributed by atoms with Gasteiger partial charge in [-0.05, 0) is 49.9 Å². The quantitative estimate of drug-likeness (QED) is 0.826. The smallest absolute Gasteiger partial charge is 0.165 e. The molecule has 1 N–H and O–H groups in total. The van der Waals surface area contributed by atoms with E-state index in [9.17, 15) is 4.39 Å². The first-order valence-corrected chi connectivity index (χ1v) is 5.95. The van der Waals surface area contributed by atoms with E-state index >= 15 is 0 Å². The molecule has 1 aliphatic carbocycles. The standard InChI is InChI=1S/C13H16FNO/c14-12-3-1-2-4-13(12)16-11-5-9-7-15-8-10(9)6-11/h1-4,9-11,15H,5-8H2/t9-,10+,11?. The molecule has 3 rings (SSSR count). The van der Waals surface area contributed by atoms with Crippen LogP contribution in [0.15, 0.2) is 24.3 Å². The molecule has 3 heteroatoms. The molecule has 3 atom stereocenters. The zero-order valence-corrected chi connectivity index (χ0v) is 9.16. The van der Waals surface area contributed by atoms with Gasteiger partial charge in [0.15, 0.2) is 11.6 Å². The van der Waals surface area contributed by atoms with Crippen molar-refractivity contribution in [3.05, 3.63) is 30.1 Å². The third-order valence-corrected chi connectivity index (χ3v) is 3.74. The van der Waals surface area contributed by atoms with Gasteiger partial charge in [0, 0.05) is 0 Å². The predicted molar refractivity (Wildman–Crippen MR) is 59.9 cm³/mol. The zero-order valence-electron chi connectivity index (χ0n) is 9.16. The van der Waals surface area contributed by atoms with Crippen LogP contribution >= 0.6 is 0 Å². The molecule has 1 saturated heterocycles. The van der Waals surface area contributed by atoms with Crippen molar-refractivity contribution in [2.75, 3.05) is 13.1 Å². The molecule has 2 nitrogen and oxygen atoms in total. The fourth-order valence-corrected chi connectivity index (χ4v) is 2.93. The number of hydrogen-bond donors (Lipinski definition) is 1. The Hall–Kier alpha value is -1.09. The van der Waals surface area contributed by atoms with Crippen molar-refractivity contribution in [2.45, 2.75) is 18.9 Å². The second-order valence-corrected chi connectivity index (χ2v) is 4.82. The Morgan fingerprint density at radius 2 is 1.81 bits per heavy atom. The number of nitrogens with one attached hydrogen (secondary N) is 1. The van der Waals surface area contributed by atoms with Crippen LogP contribution in [-0.4, -0.2) is 19.2 Å². The van der Waals surface area contributed by atoms with Crippen LogP contribution in [0.4, 0.5) is 4.39 Å². The SMILES string of the molecule is Fc1ccccc1OC1C[C@H]2CNC[C@H]2C1. The van der Waals surface area contributed by atoms with Gasteiger partial charge >= 0.3 is 0 Å². The van der Waals surface area contributed by atoms with Crippen molar-refractivity contribution in [3.63, 3.8) is 0 Å². The fraction of sp³-hybridized carbons (Fsp3) is 0.538. The van der Waals surface area contributed by atoms with E-state index in [0.717, 1.165) is 37.8 Å². The Morgan fingerprint density at radius 3 is 2.50 bits per heavy atom. The average molecular weight is 221 g/mol. The number of halogens is 1. The Morgan fingerprint density at radius 1 is 1.12 bits per heavy atom. The van der Waals surface area contributed by atoms with Gasteiger partial charge < -0.3 is 10.1 Å². The first-order valence-electron chi connectivity index (χ1n) is 5.95. The van der Waals surface area contributed by atoms with Crippen molar-refractivity contribution in [1.29, 1.82) is 0 Å². The molecular weight excluding hydrogens is 205 g/mol. The van der Waals surface area contributed by atoms with Crippen LogP contribution in [0.1, 0.15) is 12.8 Å². The van der Waals surface area contributed by atoms with Gasteiger partial charge in [0.25, 0.3) is 0 Å². The molecule has 1 unspecified atom stereocenters. The summed E-state index contributed by atoms with van der Waals surface area (Å²) in [5.41, 5.74) is 0. The maximum absolute atomic E-state index is 13.4. The number of fused-ring (bicyclic) bond motifs is 1. The van der Waals surface area contributed by atoms with Gasteiger partial charge in [-0.25, -0.2) is 4.39 Å². The van der Waals surface area contributed by atoms with Crippen molar-refractivity contribution in [3.8, 4) is 5.75 Å². The largest absolute Gasteiger partial charge is 0.487 e. The molecule has 2 fully saturated rings. The van der Waals surface area contributed by atoms with Crippen molar-refractivity contribution in [2.24, 2.45) is 11.8 Å². The molecule has 86 valence electrons. The van der Waals surface area contributed by atoms with Crippen LogP contribution in [0.25, 0.3) is 0 Å². The van der Waals surface area contributed by atoms with Crippen LogP contribution in [0.2, 0.25) is 0 Å². The minimum absolute atomic E-state index is 0.203. The van der Waals surface area contributed by atoms with Crippen LogP contribution < -0.4 is 10.1 Å². The summed E-state index contributed by atoms with van der Waals surface area (Å²) < 4.78 is 19.1. The molecule has 1 aromatic carbocycles. The third kappa shape index (κ3) is 1.80. The lowest BCUT2D eigenvalue weighted by Crippen LogP contribution is -2.18. The van der Waals surface area contributed by atoms with Crippen molar-refractivity contribution >= 4 is 0 Å². The fourth-order valence-electron chi connectivity index (χ4n) is 2.93. The molecule has 16 heavy (non-hydrogen) atoms. The molecule has 0 spiro atoms. The van der Waals surface area contributed by atoms with E-state index in [2.05, 4.69) is 5.32 Å². The van der Waals surface area contributed by atoms with Gasteiger partial charge in [0.05, 0.1) is 6.10 Å². The molecule has 1 aliphatic heterocycles. The Balaban J connectivity index is 1.66. The highest BCUT2D eigenvalue weighted by atomic mass is 19.1. The summed E-state index contributed by atoms with van der Waals surface area (Å²) in [6.07, 6.45) is 2.33. The summed E-state index contributed by atoms with van der Waals surface area (Å²) in [4.78, 5) is 0. The highest BCUT2D eigenvalue weighted by molar-refractivity contribution is 5.24. The molecular formula is C13H16FNO. The second kappa shape index (κ2) is 4.06. The maximum Gasteiger partial charge on any atom is 0.165 e. The summed E-state index contributed by atoms with van der Waals surface area (Å²) >= 11 is 0. The van der Waals surface area contributed by atoms with Gasteiger partial charge in [-0.2, -0.15) is 0 Å². The van der Waals surface area contributed by atoms with Crippen molar-refractivity contribution < 1.29 is 9.13 Å². The topological polar surface area (TPSA) is 21.3 Å². The van der Waals surface area contributed by atoms with E-state index in [0.29, 0.717) is 5.75 Å². The number of rotatable bonds is 2. The highest BCUT2D eigenvalue weighted by Gasteiger charge is 2.38. The molecule has 1 aromatic rings. The monoisotopic (exact) mass is 221 g/mol.